The number of halogens is 1. The molecule has 2 fully saturated rings. The molecular formula is C19H26BrN3O. The summed E-state index contributed by atoms with van der Waals surface area (Å²) in [5.74, 6) is 0.728. The number of piperazine rings is 1. The first-order valence-corrected chi connectivity index (χ1v) is 9.55. The lowest BCUT2D eigenvalue weighted by atomic mass is 9.75. The highest BCUT2D eigenvalue weighted by Gasteiger charge is 2.39. The molecule has 1 aromatic rings. The Morgan fingerprint density at radius 1 is 1.38 bits per heavy atom. The van der Waals surface area contributed by atoms with Gasteiger partial charge in [-0.15, -0.1) is 0 Å². The molecule has 0 aromatic heterocycles. The predicted molar refractivity (Wildman–Crippen MR) is 100 cm³/mol. The number of likely N-dealkylation sites (N-methyl/N-ethyl adjacent to an activating group) is 1. The van der Waals surface area contributed by atoms with Gasteiger partial charge < -0.3 is 9.80 Å². The summed E-state index contributed by atoms with van der Waals surface area (Å²) >= 11 is 3.58. The van der Waals surface area contributed by atoms with Gasteiger partial charge in [-0.1, -0.05) is 40.9 Å². The zero-order chi connectivity index (χ0) is 17.3. The average Bonchev–Trinajstić information content (AvgIpc) is 3.02. The lowest BCUT2D eigenvalue weighted by Crippen LogP contribution is -2.55. The van der Waals surface area contributed by atoms with Crippen LogP contribution in [-0.2, 0) is 10.2 Å². The number of benzene rings is 1. The number of rotatable bonds is 3. The summed E-state index contributed by atoms with van der Waals surface area (Å²) in [4.78, 5) is 15.9. The van der Waals surface area contributed by atoms with E-state index in [0.717, 1.165) is 30.3 Å². The van der Waals surface area contributed by atoms with Crippen LogP contribution in [0.5, 0.6) is 0 Å². The Bertz CT molecular complexity index is 639. The van der Waals surface area contributed by atoms with Gasteiger partial charge in [0, 0.05) is 35.9 Å². The van der Waals surface area contributed by atoms with Gasteiger partial charge in [0.2, 0.25) is 5.91 Å². The van der Waals surface area contributed by atoms with Gasteiger partial charge in [-0.3, -0.25) is 10.2 Å². The van der Waals surface area contributed by atoms with Crippen LogP contribution < -0.4 is 0 Å². The van der Waals surface area contributed by atoms with E-state index in [1.165, 1.54) is 18.4 Å². The Hall–Kier alpha value is -1.36. The number of carbonyl (C=O) groups is 1. The van der Waals surface area contributed by atoms with Gasteiger partial charge in [0.15, 0.2) is 0 Å². The third-order valence-corrected chi connectivity index (χ3v) is 6.24. The summed E-state index contributed by atoms with van der Waals surface area (Å²) in [5.41, 5.74) is 1.38. The second-order valence-corrected chi connectivity index (χ2v) is 8.27. The van der Waals surface area contributed by atoms with Crippen LogP contribution in [0.25, 0.3) is 0 Å². The number of hydrogen-bond acceptors (Lipinski definition) is 2. The highest BCUT2D eigenvalue weighted by atomic mass is 79.9. The van der Waals surface area contributed by atoms with E-state index in [4.69, 9.17) is 5.41 Å². The highest BCUT2D eigenvalue weighted by molar-refractivity contribution is 9.10. The third-order valence-electron chi connectivity index (χ3n) is 5.75. The zero-order valence-electron chi connectivity index (χ0n) is 14.5. The van der Waals surface area contributed by atoms with Crippen LogP contribution in [0, 0.1) is 5.41 Å². The number of hydrogen-bond donors (Lipinski definition) is 1. The molecule has 1 aromatic carbocycles. The summed E-state index contributed by atoms with van der Waals surface area (Å²) in [6, 6.07) is 8.71. The minimum atomic E-state index is 0.0521. The maximum atomic E-state index is 12.1. The minimum Gasteiger partial charge on any atom is -0.349 e. The zero-order valence-corrected chi connectivity index (χ0v) is 16.1. The largest absolute Gasteiger partial charge is 0.349 e. The number of carbonyl (C=O) groups excluding carboxylic acids is 1. The Morgan fingerprint density at radius 2 is 2.08 bits per heavy atom. The van der Waals surface area contributed by atoms with E-state index in [1.807, 2.05) is 11.9 Å². The summed E-state index contributed by atoms with van der Waals surface area (Å²) in [6.07, 6.45) is 5.43. The van der Waals surface area contributed by atoms with Crippen LogP contribution >= 0.6 is 15.9 Å². The third kappa shape index (κ3) is 3.37. The monoisotopic (exact) mass is 391 g/mol. The summed E-state index contributed by atoms with van der Waals surface area (Å²) < 4.78 is 1.10. The molecule has 1 N–H and O–H groups in total. The van der Waals surface area contributed by atoms with Crippen molar-refractivity contribution in [3.8, 4) is 0 Å². The predicted octanol–water partition coefficient (Wildman–Crippen LogP) is 3.79. The summed E-state index contributed by atoms with van der Waals surface area (Å²) in [7, 11) is 1.86. The van der Waals surface area contributed by atoms with Crippen LogP contribution in [0.3, 0.4) is 0 Å². The molecular weight excluding hydrogens is 366 g/mol. The smallest absolute Gasteiger partial charge is 0.242 e. The van der Waals surface area contributed by atoms with Crippen LogP contribution in [0.15, 0.2) is 28.7 Å². The molecule has 2 aliphatic rings. The van der Waals surface area contributed by atoms with Gasteiger partial charge in [0.25, 0.3) is 0 Å². The van der Waals surface area contributed by atoms with Crippen molar-refractivity contribution >= 4 is 27.7 Å². The number of nitrogens with zero attached hydrogens (tertiary/aromatic N) is 2. The molecule has 1 atom stereocenters. The lowest BCUT2D eigenvalue weighted by Gasteiger charge is -2.40. The molecule has 1 aliphatic carbocycles. The van der Waals surface area contributed by atoms with Crippen molar-refractivity contribution in [3.05, 3.63) is 34.3 Å². The lowest BCUT2D eigenvalue weighted by molar-refractivity contribution is -0.135. The van der Waals surface area contributed by atoms with Gasteiger partial charge in [0.1, 0.15) is 0 Å². The molecule has 1 aliphatic heterocycles. The SMILES string of the molecule is C[C@H]1CN(C(=N)CC2(c3cccc(Br)c3)CCCC2)CC(=O)N1C. The number of nitrogens with one attached hydrogen (secondary N) is 1. The first kappa shape index (κ1) is 17.5. The molecule has 5 heteroatoms. The number of amides is 1. The molecule has 130 valence electrons. The molecule has 24 heavy (non-hydrogen) atoms. The van der Waals surface area contributed by atoms with E-state index in [-0.39, 0.29) is 17.4 Å². The van der Waals surface area contributed by atoms with Crippen molar-refractivity contribution in [2.45, 2.75) is 50.5 Å². The molecule has 0 spiro atoms. The van der Waals surface area contributed by atoms with E-state index < -0.39 is 0 Å². The molecule has 0 bridgehead atoms. The van der Waals surface area contributed by atoms with Crippen molar-refractivity contribution in [1.29, 1.82) is 5.41 Å². The first-order chi connectivity index (χ1) is 11.4. The van der Waals surface area contributed by atoms with Crippen LogP contribution in [-0.4, -0.2) is 47.7 Å². The molecule has 1 amide bonds. The van der Waals surface area contributed by atoms with Crippen molar-refractivity contribution in [2.75, 3.05) is 20.1 Å². The van der Waals surface area contributed by atoms with Crippen molar-refractivity contribution < 1.29 is 4.79 Å². The van der Waals surface area contributed by atoms with Gasteiger partial charge >= 0.3 is 0 Å². The van der Waals surface area contributed by atoms with Gasteiger partial charge in [0.05, 0.1) is 12.4 Å². The fourth-order valence-electron chi connectivity index (χ4n) is 4.10. The van der Waals surface area contributed by atoms with E-state index in [2.05, 4.69) is 47.1 Å². The second kappa shape index (κ2) is 6.87. The molecule has 0 radical (unpaired) electrons. The Kier molecular flexibility index (Phi) is 5.00. The first-order valence-electron chi connectivity index (χ1n) is 8.75. The Labute approximate surface area is 152 Å². The summed E-state index contributed by atoms with van der Waals surface area (Å²) in [5, 5.41) is 8.67. The van der Waals surface area contributed by atoms with Crippen LogP contribution in [0.2, 0.25) is 0 Å². The van der Waals surface area contributed by atoms with Crippen LogP contribution in [0.1, 0.15) is 44.6 Å². The Morgan fingerprint density at radius 3 is 2.71 bits per heavy atom. The average molecular weight is 392 g/mol. The van der Waals surface area contributed by atoms with E-state index in [1.54, 1.807) is 4.90 Å². The van der Waals surface area contributed by atoms with E-state index >= 15 is 0 Å². The van der Waals surface area contributed by atoms with Crippen molar-refractivity contribution in [2.24, 2.45) is 0 Å². The molecule has 1 saturated carbocycles. The maximum absolute atomic E-state index is 12.1. The van der Waals surface area contributed by atoms with Gasteiger partial charge in [-0.2, -0.15) is 0 Å². The van der Waals surface area contributed by atoms with E-state index in [9.17, 15) is 4.79 Å². The summed E-state index contributed by atoms with van der Waals surface area (Å²) in [6.45, 7) is 3.15. The minimum absolute atomic E-state index is 0.0521. The fourth-order valence-corrected chi connectivity index (χ4v) is 4.50. The van der Waals surface area contributed by atoms with Gasteiger partial charge in [-0.25, -0.2) is 0 Å². The molecule has 4 nitrogen and oxygen atoms in total. The van der Waals surface area contributed by atoms with E-state index in [0.29, 0.717) is 12.4 Å². The second-order valence-electron chi connectivity index (χ2n) is 7.36. The molecule has 1 heterocycles. The van der Waals surface area contributed by atoms with Crippen LogP contribution in [0.4, 0.5) is 0 Å². The topological polar surface area (TPSA) is 47.4 Å². The Balaban J connectivity index is 1.79. The quantitative estimate of drug-likeness (QED) is 0.629. The standard InChI is InChI=1S/C19H26BrN3O/c1-14-12-23(13-18(24)22(14)2)17(21)11-19(8-3-4-9-19)15-6-5-7-16(20)10-15/h5-7,10,14,21H,3-4,8-9,11-13H2,1-2H3/t14-/m0/s1. The maximum Gasteiger partial charge on any atom is 0.242 e. The van der Waals surface area contributed by atoms with Crippen molar-refractivity contribution in [3.63, 3.8) is 0 Å². The van der Waals surface area contributed by atoms with Gasteiger partial charge in [-0.05, 0) is 37.5 Å². The fraction of sp³-hybridized carbons (Fsp3) is 0.579. The highest BCUT2D eigenvalue weighted by Crippen LogP contribution is 2.44. The molecule has 1 saturated heterocycles. The molecule has 0 unspecified atom stereocenters. The number of amidine groups is 1. The van der Waals surface area contributed by atoms with Crippen molar-refractivity contribution in [1.82, 2.24) is 9.80 Å². The molecule has 3 rings (SSSR count). The normalized spacial score (nSPS) is 23.6.